The summed E-state index contributed by atoms with van der Waals surface area (Å²) in [5, 5.41) is 10.0. The Bertz CT molecular complexity index is 894. The zero-order valence-electron chi connectivity index (χ0n) is 16.6. The van der Waals surface area contributed by atoms with Crippen LogP contribution in [0.15, 0.2) is 71.3 Å². The standard InChI is InChI=1S/C24H27FN2O2/c1-17(26-2)14-20-7-5-8-23(22(20)16-28)27-13-4-3-6-19(18-9-10-18)15-21(25)11-12-24(27)29/h4-8,13,15,18,28H,1-3,9-12,14,16H2/b13-4-,19-6+,21-15+. The molecular formula is C24H27FN2O2. The van der Waals surface area contributed by atoms with Gasteiger partial charge in [-0.05, 0) is 55.2 Å². The number of benzene rings is 1. The average Bonchev–Trinajstić information content (AvgIpc) is 3.55. The molecule has 29 heavy (non-hydrogen) atoms. The molecule has 0 bridgehead atoms. The maximum atomic E-state index is 14.4. The molecule has 152 valence electrons. The van der Waals surface area contributed by atoms with Crippen molar-refractivity contribution < 1.29 is 14.3 Å². The molecule has 4 nitrogen and oxygen atoms in total. The number of anilines is 1. The summed E-state index contributed by atoms with van der Waals surface area (Å²) < 4.78 is 14.4. The fraction of sp³-hybridized carbons (Fsp3) is 0.333. The Morgan fingerprint density at radius 1 is 1.31 bits per heavy atom. The minimum atomic E-state index is -0.261. The molecule has 1 fully saturated rings. The number of aliphatic imine (C=N–C) groups is 1. The number of hydrogen-bond donors (Lipinski definition) is 1. The highest BCUT2D eigenvalue weighted by atomic mass is 19.1. The Labute approximate surface area is 171 Å². The van der Waals surface area contributed by atoms with Gasteiger partial charge in [-0.3, -0.25) is 14.7 Å². The van der Waals surface area contributed by atoms with E-state index >= 15 is 0 Å². The van der Waals surface area contributed by atoms with Crippen LogP contribution in [0, 0.1) is 5.92 Å². The van der Waals surface area contributed by atoms with Crippen molar-refractivity contribution in [1.82, 2.24) is 0 Å². The molecule has 1 aromatic rings. The predicted molar refractivity (Wildman–Crippen MR) is 115 cm³/mol. The van der Waals surface area contributed by atoms with Gasteiger partial charge in [-0.1, -0.05) is 30.9 Å². The lowest BCUT2D eigenvalue weighted by atomic mass is 10.0. The Morgan fingerprint density at radius 3 is 2.79 bits per heavy atom. The Balaban J connectivity index is 1.94. The van der Waals surface area contributed by atoms with E-state index in [1.807, 2.05) is 24.3 Å². The van der Waals surface area contributed by atoms with Crippen molar-refractivity contribution in [3.05, 3.63) is 77.4 Å². The van der Waals surface area contributed by atoms with Gasteiger partial charge in [0.05, 0.1) is 12.3 Å². The van der Waals surface area contributed by atoms with E-state index in [-0.39, 0.29) is 31.2 Å². The van der Waals surface area contributed by atoms with Gasteiger partial charge in [0.15, 0.2) is 0 Å². The minimum Gasteiger partial charge on any atom is -0.392 e. The molecule has 0 spiro atoms. The van der Waals surface area contributed by atoms with Crippen LogP contribution in [0.2, 0.25) is 0 Å². The van der Waals surface area contributed by atoms with Crippen molar-refractivity contribution >= 4 is 18.3 Å². The zero-order chi connectivity index (χ0) is 20.8. The summed E-state index contributed by atoms with van der Waals surface area (Å²) in [6.07, 6.45) is 10.6. The lowest BCUT2D eigenvalue weighted by molar-refractivity contribution is -0.118. The molecule has 5 heteroatoms. The number of allylic oxidation sites excluding steroid dienone is 6. The summed E-state index contributed by atoms with van der Waals surface area (Å²) in [5.74, 6) is -0.0269. The van der Waals surface area contributed by atoms with Crippen LogP contribution in [-0.4, -0.2) is 17.7 Å². The van der Waals surface area contributed by atoms with Crippen LogP contribution in [-0.2, 0) is 17.8 Å². The molecule has 0 radical (unpaired) electrons. The van der Waals surface area contributed by atoms with Crippen molar-refractivity contribution in [1.29, 1.82) is 0 Å². The molecule has 0 atom stereocenters. The highest BCUT2D eigenvalue weighted by Gasteiger charge is 2.25. The highest BCUT2D eigenvalue weighted by molar-refractivity contribution is 5.96. The van der Waals surface area contributed by atoms with Crippen molar-refractivity contribution in [3.63, 3.8) is 0 Å². The molecule has 1 saturated carbocycles. The third kappa shape index (κ3) is 5.39. The van der Waals surface area contributed by atoms with Gasteiger partial charge in [0.25, 0.3) is 0 Å². The third-order valence-electron chi connectivity index (χ3n) is 5.25. The second-order valence-corrected chi connectivity index (χ2v) is 7.43. The van der Waals surface area contributed by atoms with Gasteiger partial charge in [0, 0.05) is 36.7 Å². The smallest absolute Gasteiger partial charge is 0.231 e. The summed E-state index contributed by atoms with van der Waals surface area (Å²) in [4.78, 5) is 18.3. The van der Waals surface area contributed by atoms with Crippen molar-refractivity contribution in [2.45, 2.75) is 45.1 Å². The maximum absolute atomic E-state index is 14.4. The molecule has 0 aromatic heterocycles. The maximum Gasteiger partial charge on any atom is 0.231 e. The van der Waals surface area contributed by atoms with Gasteiger partial charge in [-0.15, -0.1) is 0 Å². The molecule has 1 amide bonds. The first-order valence-corrected chi connectivity index (χ1v) is 9.94. The Kier molecular flexibility index (Phi) is 6.94. The first-order chi connectivity index (χ1) is 14.0. The van der Waals surface area contributed by atoms with E-state index in [9.17, 15) is 14.3 Å². The number of aliphatic hydroxyl groups excluding tert-OH is 1. The molecule has 1 N–H and O–H groups in total. The minimum absolute atomic E-state index is 0.0562. The summed E-state index contributed by atoms with van der Waals surface area (Å²) in [6, 6.07) is 5.50. The Morgan fingerprint density at radius 2 is 2.10 bits per heavy atom. The number of hydrogen-bond acceptors (Lipinski definition) is 3. The highest BCUT2D eigenvalue weighted by Crippen LogP contribution is 2.38. The van der Waals surface area contributed by atoms with Crippen molar-refractivity contribution in [2.24, 2.45) is 10.9 Å². The van der Waals surface area contributed by atoms with Crippen molar-refractivity contribution in [2.75, 3.05) is 4.90 Å². The second-order valence-electron chi connectivity index (χ2n) is 7.43. The van der Waals surface area contributed by atoms with Crippen LogP contribution in [0.3, 0.4) is 0 Å². The van der Waals surface area contributed by atoms with E-state index in [1.54, 1.807) is 18.3 Å². The average molecular weight is 394 g/mol. The van der Waals surface area contributed by atoms with Gasteiger partial charge < -0.3 is 5.11 Å². The van der Waals surface area contributed by atoms with Gasteiger partial charge in [0.1, 0.15) is 5.83 Å². The van der Waals surface area contributed by atoms with Gasteiger partial charge >= 0.3 is 0 Å². The number of aliphatic hydroxyl groups is 1. The normalized spacial score (nSPS) is 22.7. The van der Waals surface area contributed by atoms with E-state index < -0.39 is 0 Å². The van der Waals surface area contributed by atoms with Crippen LogP contribution in [0.5, 0.6) is 0 Å². The molecule has 0 unspecified atom stereocenters. The van der Waals surface area contributed by atoms with Crippen molar-refractivity contribution in [3.8, 4) is 0 Å². The van der Waals surface area contributed by atoms with E-state index in [0.717, 1.165) is 24.0 Å². The fourth-order valence-corrected chi connectivity index (χ4v) is 3.50. The van der Waals surface area contributed by atoms with E-state index in [1.165, 1.54) is 4.90 Å². The number of nitrogens with zero attached hydrogens (tertiary/aromatic N) is 2. The summed E-state index contributed by atoms with van der Waals surface area (Å²) in [5.41, 5.74) is 3.68. The number of rotatable bonds is 6. The Hall–Kier alpha value is -2.79. The lowest BCUT2D eigenvalue weighted by Gasteiger charge is -2.23. The molecule has 1 aliphatic carbocycles. The first-order valence-electron chi connectivity index (χ1n) is 9.94. The molecule has 1 heterocycles. The quantitative estimate of drug-likeness (QED) is 0.678. The molecule has 1 aromatic carbocycles. The number of carbonyl (C=O) groups excluding carboxylic acids is 1. The number of carbonyl (C=O) groups is 1. The van der Waals surface area contributed by atoms with Crippen LogP contribution in [0.1, 0.15) is 43.2 Å². The van der Waals surface area contributed by atoms with Crippen LogP contribution < -0.4 is 4.90 Å². The summed E-state index contributed by atoms with van der Waals surface area (Å²) in [7, 11) is 0. The van der Waals surface area contributed by atoms with Crippen LogP contribution in [0.25, 0.3) is 0 Å². The lowest BCUT2D eigenvalue weighted by Crippen LogP contribution is -2.26. The molecule has 0 saturated heterocycles. The fourth-order valence-electron chi connectivity index (χ4n) is 3.50. The topological polar surface area (TPSA) is 52.9 Å². The zero-order valence-corrected chi connectivity index (χ0v) is 16.6. The second kappa shape index (κ2) is 9.61. The third-order valence-corrected chi connectivity index (χ3v) is 5.25. The number of amides is 1. The summed E-state index contributed by atoms with van der Waals surface area (Å²) >= 11 is 0. The monoisotopic (exact) mass is 394 g/mol. The van der Waals surface area contributed by atoms with Gasteiger partial charge in [-0.2, -0.15) is 0 Å². The first kappa shape index (κ1) is 20.9. The van der Waals surface area contributed by atoms with Crippen LogP contribution in [0.4, 0.5) is 10.1 Å². The number of halogens is 1. The summed E-state index contributed by atoms with van der Waals surface area (Å²) in [6.45, 7) is 7.09. The van der Waals surface area contributed by atoms with Gasteiger partial charge in [0.2, 0.25) is 5.91 Å². The largest absolute Gasteiger partial charge is 0.392 e. The molecular weight excluding hydrogens is 367 g/mol. The molecule has 2 aliphatic rings. The van der Waals surface area contributed by atoms with E-state index in [4.69, 9.17) is 0 Å². The van der Waals surface area contributed by atoms with E-state index in [2.05, 4.69) is 18.3 Å². The van der Waals surface area contributed by atoms with Gasteiger partial charge in [-0.25, -0.2) is 4.39 Å². The molecule has 1 aliphatic heterocycles. The molecule has 3 rings (SSSR count). The van der Waals surface area contributed by atoms with Crippen LogP contribution >= 0.6 is 0 Å². The predicted octanol–water partition coefficient (Wildman–Crippen LogP) is 5.16. The SMILES string of the molecule is C=NC(=C)Cc1cccc(N2/C=C\C/C=C(C3CC3)\C=C(\F)CCC2=O)c1CO. The van der Waals surface area contributed by atoms with E-state index in [0.29, 0.717) is 35.7 Å².